The fraction of sp³-hybridized carbons (Fsp3) is 0. The summed E-state index contributed by atoms with van der Waals surface area (Å²) in [5, 5.41) is 20.5. The maximum Gasteiger partial charge on any atom is 0.238 e. The molecule has 1 aromatic heterocycles. The molecule has 0 radical (unpaired) electrons. The number of nitrogens with one attached hydrogen (secondary N) is 2. The van der Waals surface area contributed by atoms with Crippen LogP contribution in [0.25, 0.3) is 0 Å². The minimum Gasteiger partial charge on any atom is -0.338 e. The van der Waals surface area contributed by atoms with Crippen molar-refractivity contribution in [2.45, 2.75) is 4.90 Å². The first kappa shape index (κ1) is 18.6. The Hall–Kier alpha value is -3.19. The number of nitriles is 1. The number of sulfonamides is 1. The molecule has 8 nitrogen and oxygen atoms in total. The second-order valence-electron chi connectivity index (χ2n) is 5.37. The van der Waals surface area contributed by atoms with Crippen molar-refractivity contribution in [1.29, 1.82) is 5.26 Å². The zero-order chi connectivity index (χ0) is 19.4. The number of benzene rings is 2. The molecule has 0 amide bonds. The van der Waals surface area contributed by atoms with Crippen LogP contribution in [-0.4, -0.2) is 18.4 Å². The molecule has 3 aromatic rings. The van der Waals surface area contributed by atoms with Gasteiger partial charge < -0.3 is 10.6 Å². The average molecular weight is 401 g/mol. The molecule has 0 atom stereocenters. The highest BCUT2D eigenvalue weighted by Gasteiger charge is 2.10. The molecule has 10 heteroatoms. The van der Waals surface area contributed by atoms with Crippen LogP contribution in [0.1, 0.15) is 5.56 Å². The molecule has 27 heavy (non-hydrogen) atoms. The van der Waals surface area contributed by atoms with E-state index in [4.69, 9.17) is 16.7 Å². The highest BCUT2D eigenvalue weighted by Crippen LogP contribution is 2.26. The Morgan fingerprint density at radius 1 is 1.07 bits per heavy atom. The number of nitrogens with zero attached hydrogens (tertiary/aromatic N) is 3. The lowest BCUT2D eigenvalue weighted by Gasteiger charge is -2.11. The summed E-state index contributed by atoms with van der Waals surface area (Å²) in [5.74, 6) is 0.553. The molecule has 3 rings (SSSR count). The van der Waals surface area contributed by atoms with Gasteiger partial charge in [-0.2, -0.15) is 10.2 Å². The van der Waals surface area contributed by atoms with Gasteiger partial charge >= 0.3 is 0 Å². The molecule has 0 aliphatic rings. The van der Waals surface area contributed by atoms with Gasteiger partial charge in [0, 0.05) is 5.69 Å². The number of aromatic nitrogens is 2. The number of nitrogens with two attached hydrogens (primary N) is 1. The smallest absolute Gasteiger partial charge is 0.238 e. The van der Waals surface area contributed by atoms with Gasteiger partial charge in [-0.3, -0.25) is 0 Å². The highest BCUT2D eigenvalue weighted by atomic mass is 35.5. The number of hydrogen-bond donors (Lipinski definition) is 3. The Labute approximate surface area is 160 Å². The predicted molar refractivity (Wildman–Crippen MR) is 103 cm³/mol. The van der Waals surface area contributed by atoms with Crippen LogP contribution in [0, 0.1) is 11.3 Å². The summed E-state index contributed by atoms with van der Waals surface area (Å²) in [6, 6.07) is 14.8. The average Bonchev–Trinajstić information content (AvgIpc) is 2.64. The standard InChI is InChI=1S/C17H13ClN6O2S/c18-14-10-21-17(22-12-5-7-13(8-6-12)27(20,25)26)24-16(14)23-15-4-2-1-3-11(15)9-19/h1-8,10H,(H2,20,25,26)(H2,21,22,23,24). The van der Waals surface area contributed by atoms with Crippen LogP contribution in [0.15, 0.2) is 59.6 Å². The lowest BCUT2D eigenvalue weighted by molar-refractivity contribution is 0.598. The van der Waals surface area contributed by atoms with Crippen molar-refractivity contribution in [2.75, 3.05) is 10.6 Å². The summed E-state index contributed by atoms with van der Waals surface area (Å²) >= 11 is 6.14. The Kier molecular flexibility index (Phi) is 5.23. The molecule has 4 N–H and O–H groups in total. The fourth-order valence-corrected chi connectivity index (χ4v) is 2.84. The van der Waals surface area contributed by atoms with Crippen LogP contribution in [-0.2, 0) is 10.0 Å². The molecule has 0 aliphatic heterocycles. The van der Waals surface area contributed by atoms with Crippen LogP contribution in [0.3, 0.4) is 0 Å². The Bertz CT molecular complexity index is 1130. The Balaban J connectivity index is 1.84. The molecule has 0 bridgehead atoms. The van der Waals surface area contributed by atoms with Crippen molar-refractivity contribution < 1.29 is 8.42 Å². The largest absolute Gasteiger partial charge is 0.338 e. The Morgan fingerprint density at radius 2 is 1.78 bits per heavy atom. The van der Waals surface area contributed by atoms with E-state index in [1.807, 2.05) is 0 Å². The van der Waals surface area contributed by atoms with Gasteiger partial charge in [0.25, 0.3) is 0 Å². The van der Waals surface area contributed by atoms with Gasteiger partial charge in [-0.15, -0.1) is 0 Å². The number of para-hydroxylation sites is 1. The van der Waals surface area contributed by atoms with E-state index in [1.165, 1.54) is 30.5 Å². The molecule has 2 aromatic carbocycles. The van der Waals surface area contributed by atoms with Gasteiger partial charge in [0.2, 0.25) is 16.0 Å². The van der Waals surface area contributed by atoms with Gasteiger partial charge in [0.15, 0.2) is 5.82 Å². The third-order valence-electron chi connectivity index (χ3n) is 3.48. The van der Waals surface area contributed by atoms with Crippen LogP contribution < -0.4 is 15.8 Å². The van der Waals surface area contributed by atoms with Crippen LogP contribution >= 0.6 is 11.6 Å². The van der Waals surface area contributed by atoms with Gasteiger partial charge in [0.1, 0.15) is 11.1 Å². The first-order chi connectivity index (χ1) is 12.9. The first-order valence-electron chi connectivity index (χ1n) is 7.55. The van der Waals surface area contributed by atoms with Gasteiger partial charge in [-0.25, -0.2) is 18.5 Å². The quantitative estimate of drug-likeness (QED) is 0.598. The molecule has 0 spiro atoms. The van der Waals surface area contributed by atoms with Crippen LogP contribution in [0.4, 0.5) is 23.1 Å². The summed E-state index contributed by atoms with van der Waals surface area (Å²) in [6.45, 7) is 0. The van der Waals surface area contributed by atoms with Crippen LogP contribution in [0.5, 0.6) is 0 Å². The van der Waals surface area contributed by atoms with Crippen molar-refractivity contribution in [1.82, 2.24) is 9.97 Å². The molecular weight excluding hydrogens is 388 g/mol. The summed E-state index contributed by atoms with van der Waals surface area (Å²) in [6.07, 6.45) is 1.41. The Morgan fingerprint density at radius 3 is 2.44 bits per heavy atom. The second kappa shape index (κ2) is 7.59. The monoisotopic (exact) mass is 400 g/mol. The number of hydrogen-bond acceptors (Lipinski definition) is 7. The maximum atomic E-state index is 11.3. The van der Waals surface area contributed by atoms with E-state index in [0.29, 0.717) is 22.8 Å². The minimum absolute atomic E-state index is 0.000501. The van der Waals surface area contributed by atoms with E-state index in [2.05, 4.69) is 26.7 Å². The van der Waals surface area contributed by atoms with E-state index in [-0.39, 0.29) is 15.9 Å². The van der Waals surface area contributed by atoms with E-state index in [0.717, 1.165) is 0 Å². The number of primary sulfonamides is 1. The zero-order valence-electron chi connectivity index (χ0n) is 13.7. The van der Waals surface area contributed by atoms with Crippen LogP contribution in [0.2, 0.25) is 5.02 Å². The fourth-order valence-electron chi connectivity index (χ4n) is 2.19. The third-order valence-corrected chi connectivity index (χ3v) is 4.69. The molecule has 0 saturated heterocycles. The molecule has 0 aliphatic carbocycles. The first-order valence-corrected chi connectivity index (χ1v) is 9.48. The van der Waals surface area contributed by atoms with Gasteiger partial charge in [-0.05, 0) is 36.4 Å². The number of halogens is 1. The third kappa shape index (κ3) is 4.51. The highest BCUT2D eigenvalue weighted by molar-refractivity contribution is 7.89. The van der Waals surface area contributed by atoms with Crippen molar-refractivity contribution in [3.05, 3.63) is 65.3 Å². The number of anilines is 4. The normalized spacial score (nSPS) is 10.9. The van der Waals surface area contributed by atoms with Gasteiger partial charge in [-0.1, -0.05) is 23.7 Å². The molecule has 0 saturated carbocycles. The number of rotatable bonds is 5. The summed E-state index contributed by atoms with van der Waals surface area (Å²) < 4.78 is 22.6. The molecule has 1 heterocycles. The predicted octanol–water partition coefficient (Wildman–Crippen LogP) is 3.14. The summed E-state index contributed by atoms with van der Waals surface area (Å²) in [5.41, 5.74) is 1.57. The van der Waals surface area contributed by atoms with Crippen molar-refractivity contribution >= 4 is 44.8 Å². The summed E-state index contributed by atoms with van der Waals surface area (Å²) in [7, 11) is -3.76. The lowest BCUT2D eigenvalue weighted by atomic mass is 10.2. The molecule has 0 fully saturated rings. The molecule has 136 valence electrons. The zero-order valence-corrected chi connectivity index (χ0v) is 15.3. The SMILES string of the molecule is N#Cc1ccccc1Nc1nc(Nc2ccc(S(N)(=O)=O)cc2)ncc1Cl. The van der Waals surface area contributed by atoms with E-state index in [1.54, 1.807) is 24.3 Å². The molecule has 0 unspecified atom stereocenters. The lowest BCUT2D eigenvalue weighted by Crippen LogP contribution is -2.11. The van der Waals surface area contributed by atoms with E-state index < -0.39 is 10.0 Å². The maximum absolute atomic E-state index is 11.3. The van der Waals surface area contributed by atoms with Crippen molar-refractivity contribution in [3.8, 4) is 6.07 Å². The topological polar surface area (TPSA) is 134 Å². The minimum atomic E-state index is -3.76. The van der Waals surface area contributed by atoms with E-state index in [9.17, 15) is 13.7 Å². The molecular formula is C17H13ClN6O2S. The van der Waals surface area contributed by atoms with Crippen molar-refractivity contribution in [3.63, 3.8) is 0 Å². The van der Waals surface area contributed by atoms with Crippen molar-refractivity contribution in [2.24, 2.45) is 5.14 Å². The summed E-state index contributed by atoms with van der Waals surface area (Å²) in [4.78, 5) is 8.38. The van der Waals surface area contributed by atoms with Gasteiger partial charge in [0.05, 0.1) is 22.3 Å². The van der Waals surface area contributed by atoms with E-state index >= 15 is 0 Å². The second-order valence-corrected chi connectivity index (χ2v) is 7.34.